The molecule has 0 spiro atoms. The number of ether oxygens (including phenoxy) is 1. The first-order valence-electron chi connectivity index (χ1n) is 12.4. The number of para-hydroxylation sites is 2. The number of nitrogens with zero attached hydrogens (tertiary/aromatic N) is 1. The van der Waals surface area contributed by atoms with E-state index in [9.17, 15) is 4.79 Å². The zero-order chi connectivity index (χ0) is 27.7. The van der Waals surface area contributed by atoms with Crippen molar-refractivity contribution < 1.29 is 9.53 Å². The molecule has 0 bridgehead atoms. The Morgan fingerprint density at radius 2 is 1.45 bits per heavy atom. The van der Waals surface area contributed by atoms with Crippen LogP contribution in [0.2, 0.25) is 0 Å². The molecule has 0 aliphatic rings. The van der Waals surface area contributed by atoms with E-state index in [1.54, 1.807) is 7.11 Å². The van der Waals surface area contributed by atoms with Gasteiger partial charge in [0.2, 0.25) is 5.91 Å². The third-order valence-corrected chi connectivity index (χ3v) is 8.08. The van der Waals surface area contributed by atoms with Crippen molar-refractivity contribution in [2.24, 2.45) is 0 Å². The Morgan fingerprint density at radius 1 is 0.825 bits per heavy atom. The van der Waals surface area contributed by atoms with Gasteiger partial charge in [-0.05, 0) is 66.3 Å². The summed E-state index contributed by atoms with van der Waals surface area (Å²) in [4.78, 5) is 19.1. The van der Waals surface area contributed by atoms with Crippen molar-refractivity contribution in [2.75, 3.05) is 23.1 Å². The van der Waals surface area contributed by atoms with Crippen LogP contribution in [-0.2, 0) is 4.79 Å². The van der Waals surface area contributed by atoms with Crippen LogP contribution in [0.25, 0.3) is 11.3 Å². The number of nitrogens with one attached hydrogen (secondary N) is 3. The summed E-state index contributed by atoms with van der Waals surface area (Å²) in [6.07, 6.45) is 0. The minimum Gasteiger partial charge on any atom is -0.496 e. The summed E-state index contributed by atoms with van der Waals surface area (Å²) in [6.45, 7) is 0. The van der Waals surface area contributed by atoms with Gasteiger partial charge in [-0.2, -0.15) is 0 Å². The van der Waals surface area contributed by atoms with E-state index in [-0.39, 0.29) is 5.91 Å². The maximum absolute atomic E-state index is 13.5. The number of benzene rings is 4. The topological polar surface area (TPSA) is 75.3 Å². The minimum atomic E-state index is -0.473. The number of thiazole rings is 1. The fourth-order valence-electron chi connectivity index (χ4n) is 3.95. The molecule has 5 rings (SSSR count). The molecular weight excluding hydrogens is 557 g/mol. The molecule has 4 aromatic carbocycles. The predicted octanol–water partition coefficient (Wildman–Crippen LogP) is 8.10. The van der Waals surface area contributed by atoms with Crippen molar-refractivity contribution >= 4 is 62.8 Å². The van der Waals surface area contributed by atoms with E-state index in [0.717, 1.165) is 38.8 Å². The van der Waals surface area contributed by atoms with Crippen molar-refractivity contribution in [3.63, 3.8) is 0 Å². The molecule has 0 fully saturated rings. The van der Waals surface area contributed by atoms with Crippen LogP contribution in [0.5, 0.6) is 5.75 Å². The Kier molecular flexibility index (Phi) is 9.07. The van der Waals surface area contributed by atoms with Gasteiger partial charge in [0.25, 0.3) is 0 Å². The molecule has 0 aliphatic carbocycles. The number of carbonyl (C=O) groups excluding carboxylic acids is 1. The van der Waals surface area contributed by atoms with Gasteiger partial charge in [-0.15, -0.1) is 23.1 Å². The number of carbonyl (C=O) groups is 1. The lowest BCUT2D eigenvalue weighted by atomic mass is 10.1. The fourth-order valence-corrected chi connectivity index (χ4v) is 5.92. The van der Waals surface area contributed by atoms with E-state index in [0.29, 0.717) is 10.2 Å². The van der Waals surface area contributed by atoms with E-state index < -0.39 is 5.25 Å². The number of anilines is 3. The Balaban J connectivity index is 1.28. The zero-order valence-electron chi connectivity index (χ0n) is 21.5. The molecule has 3 N–H and O–H groups in total. The predicted molar refractivity (Wildman–Crippen MR) is 170 cm³/mol. The normalized spacial score (nSPS) is 11.3. The molecule has 5 aromatic rings. The van der Waals surface area contributed by atoms with E-state index >= 15 is 0 Å². The molecule has 0 saturated carbocycles. The molecule has 1 aromatic heterocycles. The van der Waals surface area contributed by atoms with E-state index in [1.165, 1.54) is 23.1 Å². The Bertz CT molecular complexity index is 1580. The summed E-state index contributed by atoms with van der Waals surface area (Å²) >= 11 is 8.30. The highest BCUT2D eigenvalue weighted by molar-refractivity contribution is 8.00. The van der Waals surface area contributed by atoms with Crippen LogP contribution in [0.3, 0.4) is 0 Å². The Labute approximate surface area is 246 Å². The molecule has 6 nitrogen and oxygen atoms in total. The maximum Gasteiger partial charge on any atom is 0.244 e. The van der Waals surface area contributed by atoms with Crippen molar-refractivity contribution in [3.8, 4) is 17.0 Å². The zero-order valence-corrected chi connectivity index (χ0v) is 24.0. The number of methoxy groups -OCH3 is 1. The van der Waals surface area contributed by atoms with Crippen molar-refractivity contribution in [2.45, 2.75) is 10.1 Å². The molecule has 0 aliphatic heterocycles. The average Bonchev–Trinajstić information content (AvgIpc) is 3.45. The first-order valence-corrected chi connectivity index (χ1v) is 14.6. The van der Waals surface area contributed by atoms with Crippen molar-refractivity contribution in [1.82, 2.24) is 4.98 Å². The summed E-state index contributed by atoms with van der Waals surface area (Å²) in [7, 11) is 1.63. The van der Waals surface area contributed by atoms with Crippen LogP contribution in [0.1, 0.15) is 10.8 Å². The molecule has 200 valence electrons. The fraction of sp³-hybridized carbons (Fsp3) is 0.0645. The molecular formula is C31H26N4O2S3. The van der Waals surface area contributed by atoms with Gasteiger partial charge >= 0.3 is 0 Å². The smallest absolute Gasteiger partial charge is 0.244 e. The number of hydrogen-bond donors (Lipinski definition) is 3. The van der Waals surface area contributed by atoms with Gasteiger partial charge in [-0.1, -0.05) is 60.7 Å². The number of aromatic nitrogens is 1. The Hall–Kier alpha value is -4.18. The summed E-state index contributed by atoms with van der Waals surface area (Å²) in [6, 6.07) is 35.0. The molecule has 9 heteroatoms. The van der Waals surface area contributed by atoms with Gasteiger partial charge < -0.3 is 20.7 Å². The summed E-state index contributed by atoms with van der Waals surface area (Å²) < 4.78 is 5.47. The van der Waals surface area contributed by atoms with Gasteiger partial charge in [0.15, 0.2) is 10.2 Å². The summed E-state index contributed by atoms with van der Waals surface area (Å²) in [5.41, 5.74) is 4.30. The minimum absolute atomic E-state index is 0.146. The lowest BCUT2D eigenvalue weighted by Crippen LogP contribution is -2.19. The standard InChI is InChI=1S/C31H26N4O2S3/c1-37-27-15-9-8-14-25(27)26-20-39-31(34-26)35-29(36)28(21-10-4-2-5-11-21)40-24-18-16-23(17-19-24)33-30(38)32-22-12-6-3-7-13-22/h2-20,28H,1H3,(H2,32,33,38)(H,34,35,36). The van der Waals surface area contributed by atoms with Crippen LogP contribution in [0, 0.1) is 0 Å². The van der Waals surface area contributed by atoms with Gasteiger partial charge in [0.05, 0.1) is 12.8 Å². The lowest BCUT2D eigenvalue weighted by Gasteiger charge is -2.17. The maximum atomic E-state index is 13.5. The monoisotopic (exact) mass is 582 g/mol. The van der Waals surface area contributed by atoms with E-state index in [4.69, 9.17) is 17.0 Å². The highest BCUT2D eigenvalue weighted by Crippen LogP contribution is 2.38. The van der Waals surface area contributed by atoms with Crippen LogP contribution in [-0.4, -0.2) is 23.1 Å². The van der Waals surface area contributed by atoms with Gasteiger partial charge in [0.1, 0.15) is 11.0 Å². The van der Waals surface area contributed by atoms with Crippen LogP contribution in [0.4, 0.5) is 16.5 Å². The SMILES string of the molecule is COc1ccccc1-c1csc(NC(=O)C(Sc2ccc(NC(=S)Nc3ccccc3)cc2)c2ccccc2)n1. The van der Waals surface area contributed by atoms with Gasteiger partial charge in [-0.3, -0.25) is 4.79 Å². The van der Waals surface area contributed by atoms with Crippen LogP contribution < -0.4 is 20.7 Å². The van der Waals surface area contributed by atoms with Crippen molar-refractivity contribution in [3.05, 3.63) is 120 Å². The summed E-state index contributed by atoms with van der Waals surface area (Å²) in [5, 5.41) is 11.9. The second kappa shape index (κ2) is 13.3. The lowest BCUT2D eigenvalue weighted by molar-refractivity contribution is -0.115. The van der Waals surface area contributed by atoms with Crippen LogP contribution in [0.15, 0.2) is 119 Å². The molecule has 40 heavy (non-hydrogen) atoms. The quantitative estimate of drug-likeness (QED) is 0.120. The highest BCUT2D eigenvalue weighted by atomic mass is 32.2. The van der Waals surface area contributed by atoms with Crippen molar-refractivity contribution in [1.29, 1.82) is 0 Å². The average molecular weight is 583 g/mol. The first-order chi connectivity index (χ1) is 19.6. The molecule has 1 amide bonds. The number of thioether (sulfide) groups is 1. The largest absolute Gasteiger partial charge is 0.496 e. The van der Waals surface area contributed by atoms with Crippen LogP contribution >= 0.6 is 35.3 Å². The number of amides is 1. The second-order valence-corrected chi connectivity index (χ2v) is 11.1. The van der Waals surface area contributed by atoms with E-state index in [1.807, 2.05) is 115 Å². The second-order valence-electron chi connectivity index (χ2n) is 8.61. The molecule has 1 unspecified atom stereocenters. The van der Waals surface area contributed by atoms with Gasteiger partial charge in [-0.25, -0.2) is 4.98 Å². The first kappa shape index (κ1) is 27.4. The summed E-state index contributed by atoms with van der Waals surface area (Å²) in [5.74, 6) is 0.588. The third-order valence-electron chi connectivity index (χ3n) is 5.86. The molecule has 1 atom stereocenters. The highest BCUT2D eigenvalue weighted by Gasteiger charge is 2.23. The Morgan fingerprint density at radius 3 is 2.15 bits per heavy atom. The number of thiocarbonyl (C=S) groups is 1. The molecule has 0 radical (unpaired) electrons. The third kappa shape index (κ3) is 7.06. The molecule has 1 heterocycles. The number of hydrogen-bond acceptors (Lipinski definition) is 6. The van der Waals surface area contributed by atoms with E-state index in [2.05, 4.69) is 20.9 Å². The van der Waals surface area contributed by atoms with Gasteiger partial charge in [0, 0.05) is 27.2 Å². The molecule has 0 saturated heterocycles. The number of rotatable bonds is 9.